The minimum absolute atomic E-state index is 0.0482. The van der Waals surface area contributed by atoms with Crippen molar-refractivity contribution in [3.63, 3.8) is 0 Å². The number of H-pyrrole nitrogens is 1. The Morgan fingerprint density at radius 1 is 1.19 bits per heavy atom. The molecule has 164 valence electrons. The zero-order valence-corrected chi connectivity index (χ0v) is 18.0. The van der Waals surface area contributed by atoms with Crippen molar-refractivity contribution in [3.8, 4) is 0 Å². The van der Waals surface area contributed by atoms with Crippen LogP contribution in [-0.2, 0) is 17.8 Å². The maximum atomic E-state index is 13.2. The monoisotopic (exact) mass is 452 g/mol. The molecule has 0 atom stereocenters. The minimum Gasteiger partial charge on any atom is -0.342 e. The zero-order valence-electron chi connectivity index (χ0n) is 17.2. The van der Waals surface area contributed by atoms with Crippen molar-refractivity contribution >= 4 is 28.4 Å². The van der Waals surface area contributed by atoms with Gasteiger partial charge in [-0.2, -0.15) is 0 Å². The number of aromatic amines is 1. The first kappa shape index (κ1) is 20.5. The first-order valence-electron chi connectivity index (χ1n) is 10.4. The van der Waals surface area contributed by atoms with Crippen molar-refractivity contribution in [2.24, 2.45) is 0 Å². The summed E-state index contributed by atoms with van der Waals surface area (Å²) in [4.78, 5) is 35.6. The standard InChI is InChI=1S/C22H21FN6O2S/c23-16-5-3-14(4-6-16)13-29-21-19(26-27-29)22(31)25-20(24-21)15-7-9-28(10-8-15)18(30)12-17-2-1-11-32-17/h1-6,11,15H,7-10,12-13H2,(H,24,25,31). The third-order valence-electron chi connectivity index (χ3n) is 5.78. The molecule has 0 radical (unpaired) electrons. The molecule has 10 heteroatoms. The Labute approximate surface area is 186 Å². The number of likely N-dealkylation sites (tertiary alicyclic amines) is 1. The smallest absolute Gasteiger partial charge is 0.281 e. The summed E-state index contributed by atoms with van der Waals surface area (Å²) in [5, 5.41) is 10.0. The summed E-state index contributed by atoms with van der Waals surface area (Å²) in [6.07, 6.45) is 1.88. The van der Waals surface area contributed by atoms with E-state index >= 15 is 0 Å². The largest absolute Gasteiger partial charge is 0.342 e. The van der Waals surface area contributed by atoms with Crippen molar-refractivity contribution in [3.05, 3.63) is 74.2 Å². The molecule has 0 aliphatic carbocycles. The molecular formula is C22H21FN6O2S. The number of halogens is 1. The SMILES string of the molecule is O=C(Cc1cccs1)N1CCC(c2nc3c(nnn3Cc3ccc(F)cc3)c(=O)[nH]2)CC1. The van der Waals surface area contributed by atoms with Gasteiger partial charge < -0.3 is 9.88 Å². The third kappa shape index (κ3) is 4.18. The molecule has 3 aromatic heterocycles. The summed E-state index contributed by atoms with van der Waals surface area (Å²) in [6, 6.07) is 10.0. The van der Waals surface area contributed by atoms with Crippen LogP contribution in [0.1, 0.15) is 35.0 Å². The summed E-state index contributed by atoms with van der Waals surface area (Å²) in [5.74, 6) is 0.459. The summed E-state index contributed by atoms with van der Waals surface area (Å²) in [5.41, 5.74) is 1.09. The van der Waals surface area contributed by atoms with Crippen LogP contribution in [0.3, 0.4) is 0 Å². The van der Waals surface area contributed by atoms with Gasteiger partial charge in [0, 0.05) is 23.9 Å². The first-order valence-corrected chi connectivity index (χ1v) is 11.3. The normalized spacial score (nSPS) is 14.8. The van der Waals surface area contributed by atoms with Gasteiger partial charge in [-0.05, 0) is 42.0 Å². The number of fused-ring (bicyclic) bond motifs is 1. The van der Waals surface area contributed by atoms with Crippen LogP contribution in [0.4, 0.5) is 4.39 Å². The molecule has 1 N–H and O–H groups in total. The lowest BCUT2D eigenvalue weighted by Gasteiger charge is -2.31. The molecule has 5 rings (SSSR count). The summed E-state index contributed by atoms with van der Waals surface area (Å²) < 4.78 is 14.7. The van der Waals surface area contributed by atoms with Crippen LogP contribution in [0.15, 0.2) is 46.6 Å². The molecule has 1 saturated heterocycles. The van der Waals surface area contributed by atoms with Crippen LogP contribution in [0.2, 0.25) is 0 Å². The number of carbonyl (C=O) groups excluding carboxylic acids is 1. The Bertz CT molecular complexity index is 1290. The lowest BCUT2D eigenvalue weighted by Crippen LogP contribution is -2.39. The van der Waals surface area contributed by atoms with Gasteiger partial charge in [-0.25, -0.2) is 14.1 Å². The fourth-order valence-corrected chi connectivity index (χ4v) is 4.72. The van der Waals surface area contributed by atoms with Crippen molar-refractivity contribution in [1.82, 2.24) is 29.9 Å². The highest BCUT2D eigenvalue weighted by molar-refractivity contribution is 7.10. The number of nitrogens with one attached hydrogen (secondary N) is 1. The van der Waals surface area contributed by atoms with Crippen LogP contribution in [0.5, 0.6) is 0 Å². The summed E-state index contributed by atoms with van der Waals surface area (Å²) in [7, 11) is 0. The van der Waals surface area contributed by atoms with Gasteiger partial charge in [0.25, 0.3) is 5.56 Å². The van der Waals surface area contributed by atoms with Gasteiger partial charge in [-0.1, -0.05) is 23.4 Å². The molecule has 1 aliphatic heterocycles. The second kappa shape index (κ2) is 8.62. The average molecular weight is 453 g/mol. The lowest BCUT2D eigenvalue weighted by atomic mass is 9.95. The van der Waals surface area contributed by atoms with Gasteiger partial charge in [0.05, 0.1) is 13.0 Å². The van der Waals surface area contributed by atoms with Crippen LogP contribution < -0.4 is 5.56 Å². The van der Waals surface area contributed by atoms with E-state index in [-0.39, 0.29) is 28.7 Å². The van der Waals surface area contributed by atoms with E-state index in [1.165, 1.54) is 12.1 Å². The van der Waals surface area contributed by atoms with E-state index < -0.39 is 0 Å². The Balaban J connectivity index is 1.32. The molecule has 1 aromatic carbocycles. The number of amides is 1. The highest BCUT2D eigenvalue weighted by Gasteiger charge is 2.26. The molecule has 0 spiro atoms. The molecule has 32 heavy (non-hydrogen) atoms. The van der Waals surface area contributed by atoms with E-state index in [4.69, 9.17) is 0 Å². The minimum atomic E-state index is -0.327. The Kier molecular flexibility index (Phi) is 5.52. The number of piperidine rings is 1. The summed E-state index contributed by atoms with van der Waals surface area (Å²) in [6.45, 7) is 1.59. The lowest BCUT2D eigenvalue weighted by molar-refractivity contribution is -0.131. The van der Waals surface area contributed by atoms with Gasteiger partial charge in [-0.15, -0.1) is 16.4 Å². The predicted molar refractivity (Wildman–Crippen MR) is 118 cm³/mol. The van der Waals surface area contributed by atoms with E-state index in [1.54, 1.807) is 28.2 Å². The van der Waals surface area contributed by atoms with Crippen LogP contribution in [0.25, 0.3) is 11.2 Å². The van der Waals surface area contributed by atoms with E-state index in [0.29, 0.717) is 37.5 Å². The van der Waals surface area contributed by atoms with Gasteiger partial charge in [0.1, 0.15) is 11.6 Å². The number of thiophene rings is 1. The average Bonchev–Trinajstić information content (AvgIpc) is 3.46. The zero-order chi connectivity index (χ0) is 22.1. The number of carbonyl (C=O) groups is 1. The second-order valence-electron chi connectivity index (χ2n) is 7.91. The molecule has 0 saturated carbocycles. The highest BCUT2D eigenvalue weighted by atomic mass is 32.1. The van der Waals surface area contributed by atoms with Crippen molar-refractivity contribution in [1.29, 1.82) is 0 Å². The van der Waals surface area contributed by atoms with Crippen molar-refractivity contribution in [2.45, 2.75) is 31.7 Å². The van der Waals surface area contributed by atoms with E-state index in [0.717, 1.165) is 23.3 Å². The predicted octanol–water partition coefficient (Wildman–Crippen LogP) is 2.71. The molecule has 1 aliphatic rings. The van der Waals surface area contributed by atoms with Gasteiger partial charge in [0.2, 0.25) is 5.91 Å². The topological polar surface area (TPSA) is 96.8 Å². The second-order valence-corrected chi connectivity index (χ2v) is 8.94. The maximum Gasteiger partial charge on any atom is 0.281 e. The first-order chi connectivity index (χ1) is 15.6. The number of hydrogen-bond acceptors (Lipinski definition) is 6. The van der Waals surface area contributed by atoms with E-state index in [1.807, 2.05) is 22.4 Å². The molecule has 4 heterocycles. The maximum absolute atomic E-state index is 13.2. The molecule has 8 nitrogen and oxygen atoms in total. The molecule has 1 fully saturated rings. The number of benzene rings is 1. The number of rotatable bonds is 5. The quantitative estimate of drug-likeness (QED) is 0.502. The Morgan fingerprint density at radius 3 is 2.69 bits per heavy atom. The van der Waals surface area contributed by atoms with Gasteiger partial charge in [-0.3, -0.25) is 9.59 Å². The Morgan fingerprint density at radius 2 is 1.97 bits per heavy atom. The molecular weight excluding hydrogens is 431 g/mol. The van der Waals surface area contributed by atoms with E-state index in [9.17, 15) is 14.0 Å². The van der Waals surface area contributed by atoms with Crippen LogP contribution in [-0.4, -0.2) is 48.9 Å². The van der Waals surface area contributed by atoms with Gasteiger partial charge in [0.15, 0.2) is 11.2 Å². The van der Waals surface area contributed by atoms with Crippen molar-refractivity contribution in [2.75, 3.05) is 13.1 Å². The van der Waals surface area contributed by atoms with E-state index in [2.05, 4.69) is 20.3 Å². The van der Waals surface area contributed by atoms with Crippen LogP contribution in [0, 0.1) is 5.82 Å². The fraction of sp³-hybridized carbons (Fsp3) is 0.318. The molecule has 1 amide bonds. The van der Waals surface area contributed by atoms with Gasteiger partial charge >= 0.3 is 0 Å². The number of hydrogen-bond donors (Lipinski definition) is 1. The fourth-order valence-electron chi connectivity index (χ4n) is 4.02. The highest BCUT2D eigenvalue weighted by Crippen LogP contribution is 2.26. The summed E-state index contributed by atoms with van der Waals surface area (Å²) >= 11 is 1.59. The van der Waals surface area contributed by atoms with Crippen LogP contribution >= 0.6 is 11.3 Å². The van der Waals surface area contributed by atoms with Crippen molar-refractivity contribution < 1.29 is 9.18 Å². The third-order valence-corrected chi connectivity index (χ3v) is 6.65. The molecule has 0 unspecified atom stereocenters. The Hall–Kier alpha value is -3.40. The molecule has 0 bridgehead atoms. The number of aromatic nitrogens is 5. The molecule has 4 aromatic rings. The number of nitrogens with zero attached hydrogens (tertiary/aromatic N) is 5.